The zero-order chi connectivity index (χ0) is 24.1. The molecule has 0 unspecified atom stereocenters. The number of benzene rings is 1. The zero-order valence-corrected chi connectivity index (χ0v) is 20.5. The van der Waals surface area contributed by atoms with Gasteiger partial charge in [0.1, 0.15) is 5.60 Å². The molecule has 1 amide bonds. The second kappa shape index (κ2) is 8.70. The number of rotatable bonds is 3. The Bertz CT molecular complexity index is 1230. The van der Waals surface area contributed by atoms with Crippen LogP contribution in [0.5, 0.6) is 5.88 Å². The summed E-state index contributed by atoms with van der Waals surface area (Å²) in [4.78, 5) is 18.8. The Kier molecular flexibility index (Phi) is 6.24. The molecule has 1 fully saturated rings. The van der Waals surface area contributed by atoms with E-state index in [1.54, 1.807) is 33.9 Å². The average molecular weight is 492 g/mol. The number of aryl methyl sites for hydroxylation is 1. The van der Waals surface area contributed by atoms with E-state index in [1.165, 1.54) is 0 Å². The summed E-state index contributed by atoms with van der Waals surface area (Å²) < 4.78 is 7.24. The predicted octanol–water partition coefficient (Wildman–Crippen LogP) is 5.70. The van der Waals surface area contributed by atoms with Gasteiger partial charge in [-0.15, -0.1) is 0 Å². The highest BCUT2D eigenvalue weighted by atomic mass is 35.5. The number of halogens is 2. The maximum atomic E-state index is 12.5. The Morgan fingerprint density at radius 1 is 1.30 bits per heavy atom. The van der Waals surface area contributed by atoms with Crippen molar-refractivity contribution in [1.82, 2.24) is 14.5 Å². The number of nitrogens with zero attached hydrogens (tertiary/aromatic N) is 3. The smallest absolute Gasteiger partial charge is 0.410 e. The maximum absolute atomic E-state index is 12.5. The van der Waals surface area contributed by atoms with Crippen molar-refractivity contribution in [3.05, 3.63) is 45.7 Å². The van der Waals surface area contributed by atoms with E-state index < -0.39 is 5.60 Å². The number of ether oxygens (including phenoxy) is 1. The standard InChI is InChI=1S/C24H27Cl2N3O4/c1-13-17(12-30)20(16-6-5-14(25)9-18(16)26)21-19(27-13)11-29(22(21)31)15-7-8-28(10-15)23(32)33-24(2,3)4/h5-6,9,11,15,30-31H,7-8,10,12H2,1-4H3/t15-/m0/s1. The third-order valence-corrected chi connectivity index (χ3v) is 6.38. The number of aliphatic hydroxyl groups excluding tert-OH is 1. The van der Waals surface area contributed by atoms with Crippen LogP contribution in [-0.2, 0) is 11.3 Å². The molecule has 9 heteroatoms. The number of hydrogen-bond donors (Lipinski definition) is 2. The third kappa shape index (κ3) is 4.50. The molecule has 7 nitrogen and oxygen atoms in total. The molecule has 3 heterocycles. The van der Waals surface area contributed by atoms with Crippen LogP contribution in [0, 0.1) is 6.92 Å². The fourth-order valence-corrected chi connectivity index (χ4v) is 4.83. The van der Waals surface area contributed by atoms with Crippen LogP contribution in [0.15, 0.2) is 24.4 Å². The Balaban J connectivity index is 1.79. The molecular formula is C24H27Cl2N3O4. The highest BCUT2D eigenvalue weighted by Gasteiger charge is 2.33. The van der Waals surface area contributed by atoms with Gasteiger partial charge in [0, 0.05) is 51.7 Å². The summed E-state index contributed by atoms with van der Waals surface area (Å²) in [5.41, 5.74) is 2.51. The van der Waals surface area contributed by atoms with Gasteiger partial charge in [-0.3, -0.25) is 4.98 Å². The van der Waals surface area contributed by atoms with Gasteiger partial charge in [-0.1, -0.05) is 29.3 Å². The van der Waals surface area contributed by atoms with Crippen LogP contribution >= 0.6 is 23.2 Å². The van der Waals surface area contributed by atoms with Gasteiger partial charge in [0.25, 0.3) is 0 Å². The number of fused-ring (bicyclic) bond motifs is 1. The van der Waals surface area contributed by atoms with Crippen molar-refractivity contribution in [3.63, 3.8) is 0 Å². The lowest BCUT2D eigenvalue weighted by molar-refractivity contribution is 0.0288. The molecule has 33 heavy (non-hydrogen) atoms. The fourth-order valence-electron chi connectivity index (χ4n) is 4.33. The number of aromatic hydroxyl groups is 1. The van der Waals surface area contributed by atoms with Crippen molar-refractivity contribution < 1.29 is 19.7 Å². The summed E-state index contributed by atoms with van der Waals surface area (Å²) in [5.74, 6) is 0.0178. The van der Waals surface area contributed by atoms with E-state index >= 15 is 0 Å². The molecule has 1 saturated heterocycles. The number of carbonyl (C=O) groups excluding carboxylic acids is 1. The number of aromatic nitrogens is 2. The lowest BCUT2D eigenvalue weighted by atomic mass is 9.96. The molecule has 0 spiro atoms. The maximum Gasteiger partial charge on any atom is 0.410 e. The zero-order valence-electron chi connectivity index (χ0n) is 19.0. The summed E-state index contributed by atoms with van der Waals surface area (Å²) in [7, 11) is 0. The van der Waals surface area contributed by atoms with Crippen LogP contribution < -0.4 is 0 Å². The molecule has 2 N–H and O–H groups in total. The second-order valence-electron chi connectivity index (χ2n) is 9.32. The predicted molar refractivity (Wildman–Crippen MR) is 129 cm³/mol. The quantitative estimate of drug-likeness (QED) is 0.490. The van der Waals surface area contributed by atoms with E-state index in [0.29, 0.717) is 62.8 Å². The molecule has 1 atom stereocenters. The number of likely N-dealkylation sites (tertiary alicyclic amines) is 1. The lowest BCUT2D eigenvalue weighted by Crippen LogP contribution is -2.35. The summed E-state index contributed by atoms with van der Waals surface area (Å²) in [5, 5.41) is 22.8. The molecule has 1 aromatic carbocycles. The monoisotopic (exact) mass is 491 g/mol. The van der Waals surface area contributed by atoms with Crippen molar-refractivity contribution in [2.45, 2.75) is 52.4 Å². The summed E-state index contributed by atoms with van der Waals surface area (Å²) >= 11 is 12.6. The molecule has 3 aromatic rings. The molecule has 0 radical (unpaired) electrons. The summed E-state index contributed by atoms with van der Waals surface area (Å²) in [6.45, 7) is 7.98. The van der Waals surface area contributed by atoms with Gasteiger partial charge in [0.2, 0.25) is 5.88 Å². The first kappa shape index (κ1) is 23.7. The second-order valence-corrected chi connectivity index (χ2v) is 10.2. The van der Waals surface area contributed by atoms with Crippen molar-refractivity contribution in [2.24, 2.45) is 0 Å². The van der Waals surface area contributed by atoms with Crippen LogP contribution in [-0.4, -0.2) is 49.4 Å². The molecule has 1 aliphatic heterocycles. The Morgan fingerprint density at radius 2 is 2.03 bits per heavy atom. The molecule has 176 valence electrons. The number of pyridine rings is 1. The van der Waals surface area contributed by atoms with Gasteiger partial charge < -0.3 is 24.4 Å². The minimum atomic E-state index is -0.575. The molecule has 2 aromatic heterocycles. The third-order valence-electron chi connectivity index (χ3n) is 5.83. The minimum Gasteiger partial charge on any atom is -0.494 e. The van der Waals surface area contributed by atoms with Crippen LogP contribution in [0.2, 0.25) is 10.0 Å². The van der Waals surface area contributed by atoms with Crippen molar-refractivity contribution >= 4 is 40.2 Å². The first-order valence-electron chi connectivity index (χ1n) is 10.8. The minimum absolute atomic E-state index is 0.0178. The Hall–Kier alpha value is -2.48. The molecule has 1 aliphatic rings. The highest BCUT2D eigenvalue weighted by molar-refractivity contribution is 6.36. The van der Waals surface area contributed by atoms with Gasteiger partial charge in [-0.05, 0) is 46.2 Å². The lowest BCUT2D eigenvalue weighted by Gasteiger charge is -2.24. The van der Waals surface area contributed by atoms with Crippen LogP contribution in [0.1, 0.15) is 44.5 Å². The molecular weight excluding hydrogens is 465 g/mol. The van der Waals surface area contributed by atoms with Gasteiger partial charge in [0.15, 0.2) is 0 Å². The van der Waals surface area contributed by atoms with Crippen LogP contribution in [0.4, 0.5) is 4.79 Å². The van der Waals surface area contributed by atoms with Crippen molar-refractivity contribution in [1.29, 1.82) is 0 Å². The average Bonchev–Trinajstić information content (AvgIpc) is 3.31. The molecule has 0 bridgehead atoms. The summed E-state index contributed by atoms with van der Waals surface area (Å²) in [6.07, 6.45) is 2.08. The SMILES string of the molecule is Cc1nc2cn([C@H]3CCN(C(=O)OC(C)(C)C)C3)c(O)c2c(-c2ccc(Cl)cc2Cl)c1CO. The number of aliphatic hydroxyl groups is 1. The van der Waals surface area contributed by atoms with Gasteiger partial charge in [-0.2, -0.15) is 0 Å². The number of carbonyl (C=O) groups is 1. The van der Waals surface area contributed by atoms with Gasteiger partial charge in [0.05, 0.1) is 23.6 Å². The Labute approximate surface area is 202 Å². The van der Waals surface area contributed by atoms with E-state index in [-0.39, 0.29) is 24.6 Å². The number of amides is 1. The van der Waals surface area contributed by atoms with E-state index in [1.807, 2.05) is 27.7 Å². The number of hydrogen-bond acceptors (Lipinski definition) is 5. The van der Waals surface area contributed by atoms with E-state index in [0.717, 1.165) is 0 Å². The topological polar surface area (TPSA) is 87.8 Å². The van der Waals surface area contributed by atoms with Gasteiger partial charge in [-0.25, -0.2) is 4.79 Å². The summed E-state index contributed by atoms with van der Waals surface area (Å²) in [6, 6.07) is 4.98. The first-order chi connectivity index (χ1) is 15.5. The fraction of sp³-hybridized carbons (Fsp3) is 0.417. The van der Waals surface area contributed by atoms with Crippen LogP contribution in [0.3, 0.4) is 0 Å². The normalized spacial score (nSPS) is 16.6. The molecule has 4 rings (SSSR count). The van der Waals surface area contributed by atoms with Crippen molar-refractivity contribution in [2.75, 3.05) is 13.1 Å². The van der Waals surface area contributed by atoms with E-state index in [9.17, 15) is 15.0 Å². The van der Waals surface area contributed by atoms with E-state index in [4.69, 9.17) is 27.9 Å². The first-order valence-corrected chi connectivity index (χ1v) is 11.5. The Morgan fingerprint density at radius 3 is 2.67 bits per heavy atom. The highest BCUT2D eigenvalue weighted by Crippen LogP contribution is 2.44. The molecule has 0 aliphatic carbocycles. The van der Waals surface area contributed by atoms with Crippen molar-refractivity contribution in [3.8, 4) is 17.0 Å². The van der Waals surface area contributed by atoms with Gasteiger partial charge >= 0.3 is 6.09 Å². The van der Waals surface area contributed by atoms with Crippen LogP contribution in [0.25, 0.3) is 22.0 Å². The largest absolute Gasteiger partial charge is 0.494 e. The molecule has 0 saturated carbocycles. The van der Waals surface area contributed by atoms with E-state index in [2.05, 4.69) is 4.98 Å².